The van der Waals surface area contributed by atoms with E-state index < -0.39 is 0 Å². The van der Waals surface area contributed by atoms with Gasteiger partial charge < -0.3 is 15.2 Å². The van der Waals surface area contributed by atoms with Crippen molar-refractivity contribution in [1.29, 1.82) is 0 Å². The van der Waals surface area contributed by atoms with Gasteiger partial charge in [0.25, 0.3) is 0 Å². The zero-order valence-corrected chi connectivity index (χ0v) is 12.7. The number of benzene rings is 1. The maximum absolute atomic E-state index is 12.0. The van der Waals surface area contributed by atoms with Gasteiger partial charge in [0.1, 0.15) is 0 Å². The van der Waals surface area contributed by atoms with E-state index in [9.17, 15) is 9.90 Å². The fourth-order valence-corrected chi connectivity index (χ4v) is 2.58. The highest BCUT2D eigenvalue weighted by atomic mass is 16.5. The Balaban J connectivity index is 1.75. The number of aliphatic hydroxyl groups is 1. The van der Waals surface area contributed by atoms with Crippen LogP contribution in [0, 0.1) is 12.3 Å². The quantitative estimate of drug-likeness (QED) is 0.840. The lowest BCUT2D eigenvalue weighted by molar-refractivity contribution is -0.122. The number of hydrogen-bond donors (Lipinski definition) is 2. The van der Waals surface area contributed by atoms with Crippen molar-refractivity contribution in [2.24, 2.45) is 5.41 Å². The first-order chi connectivity index (χ1) is 10.1. The van der Waals surface area contributed by atoms with Crippen LogP contribution in [0.4, 0.5) is 0 Å². The predicted octanol–water partition coefficient (Wildman–Crippen LogP) is 1.83. The molecular weight excluding hydrogens is 266 g/mol. The monoisotopic (exact) mass is 291 g/mol. The molecule has 1 aromatic carbocycles. The van der Waals surface area contributed by atoms with Gasteiger partial charge in [-0.05, 0) is 31.7 Å². The molecule has 0 radical (unpaired) electrons. The van der Waals surface area contributed by atoms with Crippen LogP contribution in [0.5, 0.6) is 0 Å². The van der Waals surface area contributed by atoms with E-state index in [2.05, 4.69) is 36.5 Å². The van der Waals surface area contributed by atoms with Crippen molar-refractivity contribution < 1.29 is 14.6 Å². The normalized spacial score (nSPS) is 17.4. The van der Waals surface area contributed by atoms with Crippen molar-refractivity contribution in [3.8, 4) is 0 Å². The summed E-state index contributed by atoms with van der Waals surface area (Å²) in [7, 11) is 0. The molecule has 1 saturated heterocycles. The summed E-state index contributed by atoms with van der Waals surface area (Å²) in [5.74, 6) is 0.0508. The molecule has 0 aromatic heterocycles. The average molecular weight is 291 g/mol. The van der Waals surface area contributed by atoms with E-state index in [0.29, 0.717) is 26.2 Å². The minimum atomic E-state index is -0.197. The molecule has 1 heterocycles. The van der Waals surface area contributed by atoms with Gasteiger partial charge in [-0.15, -0.1) is 0 Å². The topological polar surface area (TPSA) is 58.6 Å². The Labute approximate surface area is 126 Å². The Kier molecular flexibility index (Phi) is 5.76. The van der Waals surface area contributed by atoms with Crippen molar-refractivity contribution in [3.63, 3.8) is 0 Å². The van der Waals surface area contributed by atoms with Crippen molar-refractivity contribution in [3.05, 3.63) is 35.4 Å². The van der Waals surface area contributed by atoms with Crippen molar-refractivity contribution in [2.75, 3.05) is 26.4 Å². The highest BCUT2D eigenvalue weighted by Gasteiger charge is 2.32. The Morgan fingerprint density at radius 2 is 1.95 bits per heavy atom. The van der Waals surface area contributed by atoms with Gasteiger partial charge in [0.05, 0.1) is 6.61 Å². The van der Waals surface area contributed by atoms with Crippen LogP contribution in [-0.2, 0) is 16.0 Å². The number of ether oxygens (including phenoxy) is 1. The van der Waals surface area contributed by atoms with E-state index in [-0.39, 0.29) is 17.9 Å². The maximum atomic E-state index is 12.0. The van der Waals surface area contributed by atoms with Gasteiger partial charge >= 0.3 is 0 Å². The summed E-state index contributed by atoms with van der Waals surface area (Å²) < 4.78 is 5.32. The minimum Gasteiger partial charge on any atom is -0.396 e. The molecule has 4 nitrogen and oxygen atoms in total. The first-order valence-corrected chi connectivity index (χ1v) is 7.64. The number of aliphatic hydroxyl groups excluding tert-OH is 1. The smallest absolute Gasteiger partial charge is 0.220 e. The lowest BCUT2D eigenvalue weighted by Crippen LogP contribution is -2.43. The second-order valence-electron chi connectivity index (χ2n) is 6.03. The molecule has 21 heavy (non-hydrogen) atoms. The number of amides is 1. The molecule has 0 bridgehead atoms. The predicted molar refractivity (Wildman–Crippen MR) is 82.1 cm³/mol. The summed E-state index contributed by atoms with van der Waals surface area (Å²) in [5.41, 5.74) is 2.21. The molecule has 0 atom stereocenters. The molecule has 1 aliphatic heterocycles. The van der Waals surface area contributed by atoms with Gasteiger partial charge in [-0.1, -0.05) is 29.8 Å². The SMILES string of the molecule is Cc1ccc(CCC(=O)NCC2(CO)CCOCC2)cc1. The van der Waals surface area contributed by atoms with Crippen LogP contribution < -0.4 is 5.32 Å². The zero-order valence-electron chi connectivity index (χ0n) is 12.7. The summed E-state index contributed by atoms with van der Waals surface area (Å²) in [6.45, 7) is 4.03. The fraction of sp³-hybridized carbons (Fsp3) is 0.588. The molecule has 0 saturated carbocycles. The number of rotatable bonds is 6. The molecule has 1 amide bonds. The molecule has 1 aromatic rings. The number of nitrogens with one attached hydrogen (secondary N) is 1. The van der Waals surface area contributed by atoms with Gasteiger partial charge in [-0.3, -0.25) is 4.79 Å². The second-order valence-corrected chi connectivity index (χ2v) is 6.03. The van der Waals surface area contributed by atoms with Crippen LogP contribution >= 0.6 is 0 Å². The number of carbonyl (C=O) groups excluding carboxylic acids is 1. The number of carbonyl (C=O) groups is 1. The second kappa shape index (κ2) is 7.57. The average Bonchev–Trinajstić information content (AvgIpc) is 2.53. The van der Waals surface area contributed by atoms with Gasteiger partial charge in [-0.2, -0.15) is 0 Å². The highest BCUT2D eigenvalue weighted by Crippen LogP contribution is 2.28. The van der Waals surface area contributed by atoms with Gasteiger partial charge in [-0.25, -0.2) is 0 Å². The first kappa shape index (κ1) is 16.0. The largest absolute Gasteiger partial charge is 0.396 e. The Bertz CT molecular complexity index is 450. The summed E-state index contributed by atoms with van der Waals surface area (Å²) in [6.07, 6.45) is 2.85. The first-order valence-electron chi connectivity index (χ1n) is 7.64. The maximum Gasteiger partial charge on any atom is 0.220 e. The van der Waals surface area contributed by atoms with Crippen LogP contribution in [0.15, 0.2) is 24.3 Å². The third-order valence-corrected chi connectivity index (χ3v) is 4.31. The van der Waals surface area contributed by atoms with Crippen molar-refractivity contribution >= 4 is 5.91 Å². The number of hydrogen-bond acceptors (Lipinski definition) is 3. The molecule has 2 N–H and O–H groups in total. The standard InChI is InChI=1S/C17H25NO3/c1-14-2-4-15(5-3-14)6-7-16(20)18-12-17(13-19)8-10-21-11-9-17/h2-5,19H,6-13H2,1H3,(H,18,20). The van der Waals surface area contributed by atoms with Crippen LogP contribution in [0.2, 0.25) is 0 Å². The Hall–Kier alpha value is -1.39. The Morgan fingerprint density at radius 3 is 2.57 bits per heavy atom. The van der Waals surface area contributed by atoms with Gasteiger partial charge in [0.2, 0.25) is 5.91 Å². The lowest BCUT2D eigenvalue weighted by atomic mass is 9.81. The fourth-order valence-electron chi connectivity index (χ4n) is 2.58. The van der Waals surface area contributed by atoms with E-state index in [1.807, 2.05) is 0 Å². The zero-order chi connectivity index (χ0) is 15.1. The van der Waals surface area contributed by atoms with E-state index in [1.54, 1.807) is 0 Å². The summed E-state index contributed by atoms with van der Waals surface area (Å²) in [5, 5.41) is 12.6. The third kappa shape index (κ3) is 4.83. The van der Waals surface area contributed by atoms with Crippen LogP contribution in [0.1, 0.15) is 30.4 Å². The van der Waals surface area contributed by atoms with E-state index in [4.69, 9.17) is 4.74 Å². The van der Waals surface area contributed by atoms with Crippen LogP contribution in [0.3, 0.4) is 0 Å². The summed E-state index contributed by atoms with van der Waals surface area (Å²) >= 11 is 0. The number of aryl methyl sites for hydroxylation is 2. The van der Waals surface area contributed by atoms with Crippen molar-refractivity contribution in [2.45, 2.75) is 32.6 Å². The van der Waals surface area contributed by atoms with Crippen LogP contribution in [-0.4, -0.2) is 37.4 Å². The molecular formula is C17H25NO3. The summed E-state index contributed by atoms with van der Waals surface area (Å²) in [4.78, 5) is 12.0. The van der Waals surface area contributed by atoms with Gasteiger partial charge in [0.15, 0.2) is 0 Å². The van der Waals surface area contributed by atoms with Crippen LogP contribution in [0.25, 0.3) is 0 Å². The molecule has 116 valence electrons. The van der Waals surface area contributed by atoms with Gasteiger partial charge in [0, 0.05) is 31.6 Å². The molecule has 0 aliphatic carbocycles. The molecule has 0 spiro atoms. The van der Waals surface area contributed by atoms with E-state index >= 15 is 0 Å². The minimum absolute atomic E-state index is 0.0508. The summed E-state index contributed by atoms with van der Waals surface area (Å²) in [6, 6.07) is 8.26. The molecule has 0 unspecified atom stereocenters. The van der Waals surface area contributed by atoms with E-state index in [0.717, 1.165) is 19.3 Å². The lowest BCUT2D eigenvalue weighted by Gasteiger charge is -2.35. The molecule has 4 heteroatoms. The third-order valence-electron chi connectivity index (χ3n) is 4.31. The molecule has 1 fully saturated rings. The van der Waals surface area contributed by atoms with E-state index in [1.165, 1.54) is 11.1 Å². The molecule has 1 aliphatic rings. The highest BCUT2D eigenvalue weighted by molar-refractivity contribution is 5.76. The Morgan fingerprint density at radius 1 is 1.29 bits per heavy atom. The van der Waals surface area contributed by atoms with Crippen molar-refractivity contribution in [1.82, 2.24) is 5.32 Å². The molecule has 2 rings (SSSR count).